The van der Waals surface area contributed by atoms with Crippen molar-refractivity contribution in [1.29, 1.82) is 0 Å². The van der Waals surface area contributed by atoms with Crippen molar-refractivity contribution in [2.45, 2.75) is 51.0 Å². The fourth-order valence-corrected chi connectivity index (χ4v) is 2.47. The average Bonchev–Trinajstić information content (AvgIpc) is 2.42. The van der Waals surface area contributed by atoms with Crippen molar-refractivity contribution in [3.63, 3.8) is 0 Å². The van der Waals surface area contributed by atoms with Crippen LogP contribution in [0, 0.1) is 5.92 Å². The molecule has 1 aliphatic rings. The van der Waals surface area contributed by atoms with E-state index in [2.05, 4.69) is 11.9 Å². The highest BCUT2D eigenvalue weighted by Gasteiger charge is 2.20. The van der Waals surface area contributed by atoms with Crippen LogP contribution in [0.4, 0.5) is 0 Å². The molecule has 1 fully saturated rings. The van der Waals surface area contributed by atoms with Crippen molar-refractivity contribution in [1.82, 2.24) is 5.32 Å². The molecular formula is C15H30N2O. The predicted octanol–water partition coefficient (Wildman–Crippen LogP) is 2.47. The molecule has 0 heterocycles. The minimum Gasteiger partial charge on any atom is -0.378 e. The van der Waals surface area contributed by atoms with Crippen LogP contribution in [-0.2, 0) is 4.74 Å². The molecule has 0 atom stereocenters. The molecule has 0 radical (unpaired) electrons. The first kappa shape index (κ1) is 15.7. The van der Waals surface area contributed by atoms with Gasteiger partial charge in [0.25, 0.3) is 0 Å². The summed E-state index contributed by atoms with van der Waals surface area (Å²) in [6.45, 7) is 7.61. The summed E-state index contributed by atoms with van der Waals surface area (Å²) in [6, 6.07) is 0. The predicted molar refractivity (Wildman–Crippen MR) is 77.7 cm³/mol. The van der Waals surface area contributed by atoms with Gasteiger partial charge >= 0.3 is 0 Å². The van der Waals surface area contributed by atoms with E-state index >= 15 is 0 Å². The highest BCUT2D eigenvalue weighted by atomic mass is 16.5. The molecule has 0 unspecified atom stereocenters. The summed E-state index contributed by atoms with van der Waals surface area (Å²) >= 11 is 0. The zero-order valence-corrected chi connectivity index (χ0v) is 11.7. The first-order chi connectivity index (χ1) is 8.86. The molecule has 3 heteroatoms. The zero-order valence-electron chi connectivity index (χ0n) is 11.7. The Labute approximate surface area is 112 Å². The summed E-state index contributed by atoms with van der Waals surface area (Å²) < 4.78 is 5.92. The Morgan fingerprint density at radius 3 is 2.61 bits per heavy atom. The highest BCUT2D eigenvalue weighted by Crippen LogP contribution is 2.25. The molecule has 1 aliphatic carbocycles. The average molecular weight is 254 g/mol. The fraction of sp³-hybridized carbons (Fsp3) is 0.867. The first-order valence-corrected chi connectivity index (χ1v) is 7.50. The number of hydrogen-bond acceptors (Lipinski definition) is 3. The third-order valence-corrected chi connectivity index (χ3v) is 3.75. The minimum absolute atomic E-state index is 0.501. The molecule has 0 amide bonds. The molecule has 0 bridgehead atoms. The van der Waals surface area contributed by atoms with Crippen molar-refractivity contribution in [2.75, 3.05) is 26.2 Å². The quantitative estimate of drug-likeness (QED) is 0.465. The fourth-order valence-electron chi connectivity index (χ4n) is 2.47. The Kier molecular flexibility index (Phi) is 9.17. The van der Waals surface area contributed by atoms with E-state index in [0.717, 1.165) is 45.0 Å². The van der Waals surface area contributed by atoms with Crippen LogP contribution in [-0.4, -0.2) is 32.3 Å². The SMILES string of the molecule is C=CCCNCCCCOC1CCC(CN)CC1. The monoisotopic (exact) mass is 254 g/mol. The third-order valence-electron chi connectivity index (χ3n) is 3.75. The Hall–Kier alpha value is -0.380. The molecule has 0 aliphatic heterocycles. The zero-order chi connectivity index (χ0) is 13.1. The molecule has 3 N–H and O–H groups in total. The third kappa shape index (κ3) is 7.14. The van der Waals surface area contributed by atoms with Gasteiger partial charge in [-0.05, 0) is 70.5 Å². The van der Waals surface area contributed by atoms with Crippen LogP contribution in [0.25, 0.3) is 0 Å². The van der Waals surface area contributed by atoms with E-state index in [0.29, 0.717) is 6.10 Å². The largest absolute Gasteiger partial charge is 0.378 e. The number of nitrogens with two attached hydrogens (primary N) is 1. The number of ether oxygens (including phenoxy) is 1. The first-order valence-electron chi connectivity index (χ1n) is 7.50. The van der Waals surface area contributed by atoms with Crippen LogP contribution in [0.2, 0.25) is 0 Å². The van der Waals surface area contributed by atoms with Crippen LogP contribution in [0.15, 0.2) is 12.7 Å². The maximum absolute atomic E-state index is 5.92. The van der Waals surface area contributed by atoms with Gasteiger partial charge in [0.05, 0.1) is 6.10 Å². The second kappa shape index (κ2) is 10.5. The lowest BCUT2D eigenvalue weighted by molar-refractivity contribution is 0.0172. The molecule has 18 heavy (non-hydrogen) atoms. The van der Waals surface area contributed by atoms with E-state index < -0.39 is 0 Å². The van der Waals surface area contributed by atoms with E-state index in [-0.39, 0.29) is 0 Å². The van der Waals surface area contributed by atoms with Gasteiger partial charge in [0.15, 0.2) is 0 Å². The number of nitrogens with one attached hydrogen (secondary N) is 1. The lowest BCUT2D eigenvalue weighted by Gasteiger charge is -2.27. The standard InChI is InChI=1S/C15H30N2O/c1-2-3-10-17-11-4-5-12-18-15-8-6-14(13-16)7-9-15/h2,14-15,17H,1,3-13,16H2. The maximum atomic E-state index is 5.92. The lowest BCUT2D eigenvalue weighted by Crippen LogP contribution is -2.26. The van der Waals surface area contributed by atoms with Crippen LogP contribution in [0.3, 0.4) is 0 Å². The Balaban J connectivity index is 1.85. The number of rotatable bonds is 10. The molecule has 106 valence electrons. The second-order valence-corrected chi connectivity index (χ2v) is 5.28. The van der Waals surface area contributed by atoms with Crippen LogP contribution in [0.1, 0.15) is 44.9 Å². The van der Waals surface area contributed by atoms with E-state index in [4.69, 9.17) is 10.5 Å². The van der Waals surface area contributed by atoms with Crippen molar-refractivity contribution in [3.8, 4) is 0 Å². The maximum Gasteiger partial charge on any atom is 0.0575 e. The van der Waals surface area contributed by atoms with E-state index in [1.807, 2.05) is 6.08 Å². The molecule has 0 aromatic carbocycles. The molecule has 0 saturated heterocycles. The summed E-state index contributed by atoms with van der Waals surface area (Å²) in [7, 11) is 0. The smallest absolute Gasteiger partial charge is 0.0575 e. The molecule has 0 aromatic rings. The summed E-state index contributed by atoms with van der Waals surface area (Å²) in [5.41, 5.74) is 5.68. The summed E-state index contributed by atoms with van der Waals surface area (Å²) in [5, 5.41) is 3.40. The van der Waals surface area contributed by atoms with Gasteiger partial charge in [-0.1, -0.05) is 6.08 Å². The normalized spacial score (nSPS) is 24.1. The topological polar surface area (TPSA) is 47.3 Å². The van der Waals surface area contributed by atoms with Crippen LogP contribution < -0.4 is 11.1 Å². The Morgan fingerprint density at radius 2 is 1.94 bits per heavy atom. The van der Waals surface area contributed by atoms with Crippen LogP contribution >= 0.6 is 0 Å². The van der Waals surface area contributed by atoms with Gasteiger partial charge in [-0.25, -0.2) is 0 Å². The molecule has 1 rings (SSSR count). The van der Waals surface area contributed by atoms with Gasteiger partial charge in [0, 0.05) is 6.61 Å². The van der Waals surface area contributed by atoms with Crippen molar-refractivity contribution in [3.05, 3.63) is 12.7 Å². The van der Waals surface area contributed by atoms with Gasteiger partial charge in [0.2, 0.25) is 0 Å². The van der Waals surface area contributed by atoms with Gasteiger partial charge < -0.3 is 15.8 Å². The molecule has 1 saturated carbocycles. The van der Waals surface area contributed by atoms with Gasteiger partial charge in [-0.2, -0.15) is 0 Å². The molecule has 3 nitrogen and oxygen atoms in total. The Bertz CT molecular complexity index is 201. The van der Waals surface area contributed by atoms with Crippen molar-refractivity contribution >= 4 is 0 Å². The summed E-state index contributed by atoms with van der Waals surface area (Å²) in [6.07, 6.45) is 10.8. The number of unbranched alkanes of at least 4 members (excludes halogenated alkanes) is 1. The van der Waals surface area contributed by atoms with E-state index in [9.17, 15) is 0 Å². The van der Waals surface area contributed by atoms with Crippen molar-refractivity contribution < 1.29 is 4.74 Å². The van der Waals surface area contributed by atoms with Gasteiger partial charge in [-0.15, -0.1) is 6.58 Å². The van der Waals surface area contributed by atoms with Gasteiger partial charge in [-0.3, -0.25) is 0 Å². The summed E-state index contributed by atoms with van der Waals surface area (Å²) in [4.78, 5) is 0. The number of hydrogen-bond donors (Lipinski definition) is 2. The minimum atomic E-state index is 0.501. The van der Waals surface area contributed by atoms with Crippen molar-refractivity contribution in [2.24, 2.45) is 11.7 Å². The summed E-state index contributed by atoms with van der Waals surface area (Å²) in [5.74, 6) is 0.749. The highest BCUT2D eigenvalue weighted by molar-refractivity contribution is 4.73. The molecule has 0 aromatic heterocycles. The van der Waals surface area contributed by atoms with Crippen LogP contribution in [0.5, 0.6) is 0 Å². The molecule has 0 spiro atoms. The van der Waals surface area contributed by atoms with E-state index in [1.165, 1.54) is 32.1 Å². The van der Waals surface area contributed by atoms with E-state index in [1.54, 1.807) is 0 Å². The Morgan fingerprint density at radius 1 is 1.17 bits per heavy atom. The van der Waals surface area contributed by atoms with Gasteiger partial charge in [0.1, 0.15) is 0 Å². The lowest BCUT2D eigenvalue weighted by atomic mass is 9.87. The second-order valence-electron chi connectivity index (χ2n) is 5.28. The molecular weight excluding hydrogens is 224 g/mol.